The van der Waals surface area contributed by atoms with Crippen LogP contribution in [0.1, 0.15) is 5.56 Å². The average molecular weight is 232 g/mol. The monoisotopic (exact) mass is 232 g/mol. The molecule has 0 saturated heterocycles. The second kappa shape index (κ2) is 4.32. The van der Waals surface area contributed by atoms with Crippen molar-refractivity contribution >= 4 is 11.7 Å². The number of nitrogens with zero attached hydrogens (tertiary/aromatic N) is 3. The van der Waals surface area contributed by atoms with Crippen molar-refractivity contribution in [2.75, 3.05) is 19.4 Å². The van der Waals surface area contributed by atoms with Gasteiger partial charge in [-0.1, -0.05) is 0 Å². The molecule has 2 aromatic rings. The summed E-state index contributed by atoms with van der Waals surface area (Å²) >= 11 is 0. The zero-order valence-electron chi connectivity index (χ0n) is 10.2. The molecule has 2 rings (SSSR count). The summed E-state index contributed by atoms with van der Waals surface area (Å²) in [5.41, 5.74) is 8.58. The van der Waals surface area contributed by atoms with Crippen molar-refractivity contribution in [1.82, 2.24) is 14.8 Å². The number of aliphatic imine (C=N–C) groups is 1. The lowest BCUT2D eigenvalue weighted by Crippen LogP contribution is -2.15. The van der Waals surface area contributed by atoms with Crippen LogP contribution in [0.3, 0.4) is 0 Å². The van der Waals surface area contributed by atoms with Crippen LogP contribution in [0.5, 0.6) is 0 Å². The Kier molecular flexibility index (Phi) is 2.86. The largest absolute Gasteiger partial charge is 0.383 e. The van der Waals surface area contributed by atoms with Gasteiger partial charge in [0.15, 0.2) is 0 Å². The van der Waals surface area contributed by atoms with Gasteiger partial charge in [0.25, 0.3) is 0 Å². The van der Waals surface area contributed by atoms with Crippen LogP contribution >= 0.6 is 0 Å². The van der Waals surface area contributed by atoms with Gasteiger partial charge in [0.05, 0.1) is 11.3 Å². The maximum Gasteiger partial charge on any atom is 0.129 e. The van der Waals surface area contributed by atoms with E-state index in [-0.39, 0.29) is 0 Å². The number of H-pyrrole nitrogens is 1. The van der Waals surface area contributed by atoms with Crippen molar-refractivity contribution < 1.29 is 0 Å². The van der Waals surface area contributed by atoms with E-state index >= 15 is 0 Å². The molecule has 0 unspecified atom stereocenters. The zero-order valence-corrected chi connectivity index (χ0v) is 10.2. The summed E-state index contributed by atoms with van der Waals surface area (Å²) in [4.78, 5) is 7.16. The molecule has 0 aromatic carbocycles. The molecule has 17 heavy (non-hydrogen) atoms. The minimum atomic E-state index is 0.483. The first kappa shape index (κ1) is 11.3. The second-order valence-corrected chi connectivity index (χ2v) is 3.69. The van der Waals surface area contributed by atoms with Gasteiger partial charge in [-0.25, -0.2) is 0 Å². The number of nitrogens with two attached hydrogens (primary N) is 1. The molecule has 0 fully saturated rings. The van der Waals surface area contributed by atoms with Gasteiger partial charge in [-0.15, -0.1) is 0 Å². The van der Waals surface area contributed by atoms with E-state index in [4.69, 9.17) is 5.73 Å². The highest BCUT2D eigenvalue weighted by molar-refractivity contribution is 6.07. The normalized spacial score (nSPS) is 11.8. The van der Waals surface area contributed by atoms with Crippen LogP contribution in [-0.4, -0.2) is 34.7 Å². The van der Waals surface area contributed by atoms with Crippen molar-refractivity contribution in [2.24, 2.45) is 17.8 Å². The van der Waals surface area contributed by atoms with Crippen LogP contribution in [-0.2, 0) is 7.05 Å². The third-order valence-corrected chi connectivity index (χ3v) is 2.62. The van der Waals surface area contributed by atoms with Crippen molar-refractivity contribution in [1.29, 1.82) is 0 Å². The Morgan fingerprint density at radius 2 is 2.35 bits per heavy atom. The highest BCUT2D eigenvalue weighted by Crippen LogP contribution is 2.27. The van der Waals surface area contributed by atoms with E-state index in [9.17, 15) is 0 Å². The molecule has 0 atom stereocenters. The molecule has 0 spiro atoms. The van der Waals surface area contributed by atoms with Crippen LogP contribution in [0.4, 0.5) is 5.82 Å². The topological polar surface area (TPSA) is 84.0 Å². The highest BCUT2D eigenvalue weighted by Gasteiger charge is 2.16. The Balaban J connectivity index is 2.58. The van der Waals surface area contributed by atoms with Gasteiger partial charge in [0.1, 0.15) is 11.7 Å². The first-order valence-corrected chi connectivity index (χ1v) is 5.29. The number of aromatic amines is 1. The van der Waals surface area contributed by atoms with Crippen molar-refractivity contribution in [3.05, 3.63) is 24.0 Å². The molecule has 0 amide bonds. The number of anilines is 1. The van der Waals surface area contributed by atoms with Gasteiger partial charge in [0.2, 0.25) is 0 Å². The summed E-state index contributed by atoms with van der Waals surface area (Å²) in [6.45, 7) is 0. The number of amidine groups is 1. The maximum atomic E-state index is 5.92. The fourth-order valence-electron chi connectivity index (χ4n) is 1.76. The van der Waals surface area contributed by atoms with E-state index in [1.54, 1.807) is 11.7 Å². The van der Waals surface area contributed by atoms with E-state index in [2.05, 4.69) is 20.4 Å². The Morgan fingerprint density at radius 3 is 2.88 bits per heavy atom. The van der Waals surface area contributed by atoms with E-state index in [0.717, 1.165) is 22.6 Å². The highest BCUT2D eigenvalue weighted by atomic mass is 15.2. The standard InChI is InChI=1S/C11H16N6/c1-13-10(12)9-7(6-15-11(9)14-2)8-4-5-17(3)16-8/h4-6,14-15H,1-3H3,(H2,12,13). The molecule has 0 radical (unpaired) electrons. The van der Waals surface area contributed by atoms with Crippen molar-refractivity contribution in [2.45, 2.75) is 0 Å². The number of aryl methyl sites for hydroxylation is 1. The Hall–Kier alpha value is -2.24. The quantitative estimate of drug-likeness (QED) is 0.540. The lowest BCUT2D eigenvalue weighted by Gasteiger charge is -2.04. The number of rotatable bonds is 3. The summed E-state index contributed by atoms with van der Waals surface area (Å²) in [6, 6.07) is 1.94. The molecule has 6 heteroatoms. The molecular weight excluding hydrogens is 216 g/mol. The molecule has 2 heterocycles. The molecular formula is C11H16N6. The predicted octanol–water partition coefficient (Wildman–Crippen LogP) is 0.792. The fraction of sp³-hybridized carbons (Fsp3) is 0.273. The molecule has 90 valence electrons. The summed E-state index contributed by atoms with van der Waals surface area (Å²) in [7, 11) is 5.39. The molecule has 0 aliphatic rings. The van der Waals surface area contributed by atoms with Crippen molar-refractivity contribution in [3.63, 3.8) is 0 Å². The molecule has 4 N–H and O–H groups in total. The average Bonchev–Trinajstić information content (AvgIpc) is 2.93. The first-order chi connectivity index (χ1) is 8.17. The Morgan fingerprint density at radius 1 is 1.59 bits per heavy atom. The lowest BCUT2D eigenvalue weighted by atomic mass is 10.1. The van der Waals surface area contributed by atoms with Crippen LogP contribution in [0, 0.1) is 0 Å². The smallest absolute Gasteiger partial charge is 0.129 e. The fourth-order valence-corrected chi connectivity index (χ4v) is 1.76. The van der Waals surface area contributed by atoms with E-state index in [1.165, 1.54) is 0 Å². The molecule has 0 saturated carbocycles. The van der Waals surface area contributed by atoms with Crippen LogP contribution in [0.25, 0.3) is 11.3 Å². The van der Waals surface area contributed by atoms with E-state index in [1.807, 2.05) is 32.6 Å². The Bertz CT molecular complexity index is 548. The minimum Gasteiger partial charge on any atom is -0.383 e. The molecule has 0 aliphatic carbocycles. The van der Waals surface area contributed by atoms with Gasteiger partial charge in [-0.3, -0.25) is 9.67 Å². The van der Waals surface area contributed by atoms with E-state index in [0.29, 0.717) is 5.84 Å². The molecule has 2 aromatic heterocycles. The summed E-state index contributed by atoms with van der Waals surface area (Å²) in [6.07, 6.45) is 3.77. The van der Waals surface area contributed by atoms with Gasteiger partial charge in [0, 0.05) is 39.1 Å². The summed E-state index contributed by atoms with van der Waals surface area (Å²) in [5, 5.41) is 7.42. The second-order valence-electron chi connectivity index (χ2n) is 3.69. The maximum absolute atomic E-state index is 5.92. The molecule has 0 aliphatic heterocycles. The molecule has 0 bridgehead atoms. The van der Waals surface area contributed by atoms with E-state index < -0.39 is 0 Å². The van der Waals surface area contributed by atoms with Gasteiger partial charge in [-0.2, -0.15) is 5.10 Å². The number of hydrogen-bond acceptors (Lipinski definition) is 3. The van der Waals surface area contributed by atoms with Gasteiger partial charge >= 0.3 is 0 Å². The predicted molar refractivity (Wildman–Crippen MR) is 69.2 cm³/mol. The van der Waals surface area contributed by atoms with Crippen LogP contribution in [0.2, 0.25) is 0 Å². The number of hydrogen-bond donors (Lipinski definition) is 3. The van der Waals surface area contributed by atoms with Gasteiger partial charge < -0.3 is 16.0 Å². The number of nitrogens with one attached hydrogen (secondary N) is 2. The minimum absolute atomic E-state index is 0.483. The number of aromatic nitrogens is 3. The Labute approximate surface area is 99.5 Å². The lowest BCUT2D eigenvalue weighted by molar-refractivity contribution is 0.771. The third kappa shape index (κ3) is 1.89. The van der Waals surface area contributed by atoms with Crippen molar-refractivity contribution in [3.8, 4) is 11.3 Å². The SMILES string of the molecule is CN=C(N)c1c(-c2ccn(C)n2)c[nH]c1NC. The molecule has 6 nitrogen and oxygen atoms in total. The van der Waals surface area contributed by atoms with Crippen LogP contribution < -0.4 is 11.1 Å². The summed E-state index contributed by atoms with van der Waals surface area (Å²) in [5.74, 6) is 1.32. The zero-order chi connectivity index (χ0) is 12.4. The van der Waals surface area contributed by atoms with Crippen LogP contribution in [0.15, 0.2) is 23.5 Å². The first-order valence-electron chi connectivity index (χ1n) is 5.29. The van der Waals surface area contributed by atoms with Gasteiger partial charge in [-0.05, 0) is 6.07 Å². The third-order valence-electron chi connectivity index (χ3n) is 2.62. The summed E-state index contributed by atoms with van der Waals surface area (Å²) < 4.78 is 1.75.